The van der Waals surface area contributed by atoms with Gasteiger partial charge in [0.1, 0.15) is 16.4 Å². The van der Waals surface area contributed by atoms with Gasteiger partial charge in [0, 0.05) is 12.5 Å². The average Bonchev–Trinajstić information content (AvgIpc) is 2.38. The third kappa shape index (κ3) is 3.19. The highest BCUT2D eigenvalue weighted by Crippen LogP contribution is 2.33. The molecular formula is C14H13NO5S. The van der Waals surface area contributed by atoms with Crippen LogP contribution in [0.2, 0.25) is 0 Å². The molecular weight excluding hydrogens is 294 g/mol. The van der Waals surface area contributed by atoms with Gasteiger partial charge in [0.15, 0.2) is 9.84 Å². The van der Waals surface area contributed by atoms with E-state index in [0.717, 1.165) is 6.26 Å². The predicted molar refractivity (Wildman–Crippen MR) is 75.6 cm³/mol. The molecule has 0 spiro atoms. The van der Waals surface area contributed by atoms with Gasteiger partial charge in [0.2, 0.25) is 0 Å². The number of rotatable bonds is 4. The minimum absolute atomic E-state index is 0.0750. The molecule has 0 atom stereocenters. The Morgan fingerprint density at radius 3 is 2.52 bits per heavy atom. The second kappa shape index (κ2) is 5.53. The molecule has 0 bridgehead atoms. The monoisotopic (exact) mass is 307 g/mol. The zero-order chi connectivity index (χ0) is 15.6. The number of hydrogen-bond acceptors (Lipinski definition) is 5. The van der Waals surface area contributed by atoms with Crippen molar-refractivity contribution < 1.29 is 23.1 Å². The molecule has 0 radical (unpaired) electrons. The van der Waals surface area contributed by atoms with Crippen LogP contribution in [-0.4, -0.2) is 30.7 Å². The van der Waals surface area contributed by atoms with Crippen LogP contribution in [-0.2, 0) is 9.84 Å². The summed E-state index contributed by atoms with van der Waals surface area (Å²) in [5.74, 6) is -0.747. The molecule has 0 fully saturated rings. The molecule has 1 aromatic heterocycles. The third-order valence-corrected chi connectivity index (χ3v) is 4.08. The van der Waals surface area contributed by atoms with Crippen molar-refractivity contribution in [2.24, 2.45) is 0 Å². The molecule has 1 heterocycles. The third-order valence-electron chi connectivity index (χ3n) is 2.83. The number of sulfone groups is 1. The first-order chi connectivity index (χ1) is 9.80. The van der Waals surface area contributed by atoms with Crippen molar-refractivity contribution >= 4 is 15.8 Å². The SMILES string of the molecule is Cc1c(C(=O)O)ccc(Oc2cccnc2)c1S(C)(=O)=O. The Morgan fingerprint density at radius 1 is 1.29 bits per heavy atom. The molecule has 0 saturated carbocycles. The Morgan fingerprint density at radius 2 is 2.00 bits per heavy atom. The fourth-order valence-electron chi connectivity index (χ4n) is 1.97. The number of pyridine rings is 1. The van der Waals surface area contributed by atoms with Crippen molar-refractivity contribution in [1.82, 2.24) is 4.98 Å². The van der Waals surface area contributed by atoms with Gasteiger partial charge in [-0.3, -0.25) is 4.98 Å². The van der Waals surface area contributed by atoms with Gasteiger partial charge in [-0.1, -0.05) is 0 Å². The lowest BCUT2D eigenvalue weighted by atomic mass is 10.1. The van der Waals surface area contributed by atoms with E-state index in [0.29, 0.717) is 5.75 Å². The van der Waals surface area contributed by atoms with Crippen molar-refractivity contribution in [3.8, 4) is 11.5 Å². The largest absolute Gasteiger partial charge is 0.478 e. The molecule has 0 aliphatic heterocycles. The normalized spacial score (nSPS) is 11.1. The maximum absolute atomic E-state index is 12.0. The van der Waals surface area contributed by atoms with Crippen molar-refractivity contribution in [3.05, 3.63) is 47.8 Å². The summed E-state index contributed by atoms with van der Waals surface area (Å²) in [7, 11) is -3.65. The summed E-state index contributed by atoms with van der Waals surface area (Å²) < 4.78 is 29.4. The number of hydrogen-bond donors (Lipinski definition) is 1. The lowest BCUT2D eigenvalue weighted by Crippen LogP contribution is -2.08. The van der Waals surface area contributed by atoms with Gasteiger partial charge in [-0.25, -0.2) is 13.2 Å². The van der Waals surface area contributed by atoms with E-state index in [4.69, 9.17) is 9.84 Å². The van der Waals surface area contributed by atoms with Crippen LogP contribution in [0.5, 0.6) is 11.5 Å². The van der Waals surface area contributed by atoms with E-state index in [1.54, 1.807) is 18.3 Å². The highest BCUT2D eigenvalue weighted by molar-refractivity contribution is 7.90. The maximum Gasteiger partial charge on any atom is 0.335 e. The van der Waals surface area contributed by atoms with Crippen LogP contribution in [0, 0.1) is 6.92 Å². The van der Waals surface area contributed by atoms with E-state index >= 15 is 0 Å². The van der Waals surface area contributed by atoms with Gasteiger partial charge in [0.05, 0.1) is 11.8 Å². The molecule has 2 rings (SSSR count). The topological polar surface area (TPSA) is 93.6 Å². The first-order valence-corrected chi connectivity index (χ1v) is 7.84. The van der Waals surface area contributed by atoms with Crippen molar-refractivity contribution in [2.45, 2.75) is 11.8 Å². The fourth-order valence-corrected chi connectivity index (χ4v) is 3.12. The second-order valence-electron chi connectivity index (χ2n) is 4.43. The molecule has 7 heteroatoms. The fraction of sp³-hybridized carbons (Fsp3) is 0.143. The Bertz CT molecular complexity index is 785. The molecule has 0 amide bonds. The van der Waals surface area contributed by atoms with Gasteiger partial charge < -0.3 is 9.84 Å². The molecule has 1 aromatic carbocycles. The summed E-state index contributed by atoms with van der Waals surface area (Å²) in [5, 5.41) is 9.09. The van der Waals surface area contributed by atoms with Crippen LogP contribution < -0.4 is 4.74 Å². The smallest absolute Gasteiger partial charge is 0.335 e. The highest BCUT2D eigenvalue weighted by Gasteiger charge is 2.23. The van der Waals surface area contributed by atoms with Gasteiger partial charge in [-0.2, -0.15) is 0 Å². The van der Waals surface area contributed by atoms with Crippen molar-refractivity contribution in [1.29, 1.82) is 0 Å². The average molecular weight is 307 g/mol. The zero-order valence-corrected chi connectivity index (χ0v) is 12.2. The van der Waals surface area contributed by atoms with E-state index < -0.39 is 15.8 Å². The van der Waals surface area contributed by atoms with Crippen molar-refractivity contribution in [2.75, 3.05) is 6.26 Å². The highest BCUT2D eigenvalue weighted by atomic mass is 32.2. The first-order valence-electron chi connectivity index (χ1n) is 5.95. The molecule has 2 aromatic rings. The minimum Gasteiger partial charge on any atom is -0.478 e. The number of carbonyl (C=O) groups is 1. The van der Waals surface area contributed by atoms with Crippen LogP contribution in [0.15, 0.2) is 41.6 Å². The Kier molecular flexibility index (Phi) is 3.95. The molecule has 0 aliphatic carbocycles. The van der Waals surface area contributed by atoms with Gasteiger partial charge in [-0.05, 0) is 36.8 Å². The second-order valence-corrected chi connectivity index (χ2v) is 6.39. The summed E-state index contributed by atoms with van der Waals surface area (Å²) in [4.78, 5) is 14.9. The van der Waals surface area contributed by atoms with Gasteiger partial charge >= 0.3 is 5.97 Å². The summed E-state index contributed by atoms with van der Waals surface area (Å²) in [6.07, 6.45) is 4.01. The van der Waals surface area contributed by atoms with Crippen LogP contribution in [0.1, 0.15) is 15.9 Å². The molecule has 6 nitrogen and oxygen atoms in total. The quantitative estimate of drug-likeness (QED) is 0.931. The lowest BCUT2D eigenvalue weighted by molar-refractivity contribution is 0.0695. The molecule has 0 aliphatic rings. The number of ether oxygens (including phenoxy) is 1. The van der Waals surface area contributed by atoms with Crippen molar-refractivity contribution in [3.63, 3.8) is 0 Å². The summed E-state index contributed by atoms with van der Waals surface area (Å²) >= 11 is 0. The van der Waals surface area contributed by atoms with E-state index in [1.807, 2.05) is 0 Å². The predicted octanol–water partition coefficient (Wildman–Crippen LogP) is 2.28. The number of benzene rings is 1. The maximum atomic E-state index is 12.0. The Labute approximate surface area is 121 Å². The van der Waals surface area contributed by atoms with Crippen LogP contribution in [0.4, 0.5) is 0 Å². The zero-order valence-electron chi connectivity index (χ0n) is 11.4. The number of nitrogens with zero attached hydrogens (tertiary/aromatic N) is 1. The van der Waals surface area contributed by atoms with Crippen LogP contribution in [0.3, 0.4) is 0 Å². The van der Waals surface area contributed by atoms with E-state index in [9.17, 15) is 13.2 Å². The van der Waals surface area contributed by atoms with Crippen LogP contribution >= 0.6 is 0 Å². The minimum atomic E-state index is -3.65. The number of aromatic carboxylic acids is 1. The summed E-state index contributed by atoms with van der Waals surface area (Å²) in [5.41, 5.74) is 0.0698. The van der Waals surface area contributed by atoms with Gasteiger partial charge in [0.25, 0.3) is 0 Å². The Hall–Kier alpha value is -2.41. The molecule has 1 N–H and O–H groups in total. The van der Waals surface area contributed by atoms with Crippen LogP contribution in [0.25, 0.3) is 0 Å². The number of carboxylic acid groups (broad SMARTS) is 1. The number of aromatic nitrogens is 1. The van der Waals surface area contributed by atoms with E-state index in [-0.39, 0.29) is 21.8 Å². The van der Waals surface area contributed by atoms with E-state index in [2.05, 4.69) is 4.98 Å². The summed E-state index contributed by atoms with van der Waals surface area (Å²) in [6.45, 7) is 1.44. The molecule has 110 valence electrons. The lowest BCUT2D eigenvalue weighted by Gasteiger charge is -2.13. The first kappa shape index (κ1) is 15.0. The molecule has 0 unspecified atom stereocenters. The standard InChI is InChI=1S/C14H13NO5S/c1-9-11(14(16)17)5-6-12(13(9)21(2,18)19)20-10-4-3-7-15-8-10/h3-8H,1-2H3,(H,16,17). The molecule has 21 heavy (non-hydrogen) atoms. The van der Waals surface area contributed by atoms with E-state index in [1.165, 1.54) is 25.3 Å². The Balaban J connectivity index is 2.62. The summed E-state index contributed by atoms with van der Waals surface area (Å²) in [6, 6.07) is 5.92. The molecule has 0 saturated heterocycles. The number of carboxylic acids is 1. The van der Waals surface area contributed by atoms with Gasteiger partial charge in [-0.15, -0.1) is 0 Å².